The smallest absolute Gasteiger partial charge is 0.240 e. The number of ether oxygens (including phenoxy) is 3. The van der Waals surface area contributed by atoms with Crippen LogP contribution in [0.5, 0.6) is 17.2 Å². The minimum Gasteiger partial charge on any atom is -0.494 e. The van der Waals surface area contributed by atoms with E-state index in [9.17, 15) is 8.42 Å². The average molecular weight is 363 g/mol. The Hall–Kier alpha value is -2.25. The minimum atomic E-state index is -3.63. The number of benzene rings is 2. The number of hydrogen-bond donors (Lipinski definition) is 1. The Bertz CT molecular complexity index is 833. The molecule has 0 saturated heterocycles. The maximum absolute atomic E-state index is 12.6. The Labute approximate surface area is 147 Å². The van der Waals surface area contributed by atoms with Crippen molar-refractivity contribution in [2.24, 2.45) is 0 Å². The molecule has 3 rings (SSSR count). The van der Waals surface area contributed by atoms with Crippen LogP contribution in [0, 0.1) is 0 Å². The number of sulfonamides is 1. The quantitative estimate of drug-likeness (QED) is 0.853. The maximum atomic E-state index is 12.6. The van der Waals surface area contributed by atoms with E-state index in [1.807, 2.05) is 25.1 Å². The summed E-state index contributed by atoms with van der Waals surface area (Å²) in [4.78, 5) is 0.201. The lowest BCUT2D eigenvalue weighted by Crippen LogP contribution is -2.42. The van der Waals surface area contributed by atoms with Crippen molar-refractivity contribution in [3.05, 3.63) is 48.0 Å². The summed E-state index contributed by atoms with van der Waals surface area (Å²) < 4.78 is 44.2. The summed E-state index contributed by atoms with van der Waals surface area (Å²) in [5, 5.41) is 0. The van der Waals surface area contributed by atoms with Crippen LogP contribution >= 0.6 is 0 Å². The van der Waals surface area contributed by atoms with Crippen molar-refractivity contribution in [2.75, 3.05) is 20.3 Å². The zero-order chi connectivity index (χ0) is 17.9. The average Bonchev–Trinajstić information content (AvgIpc) is 2.61. The first kappa shape index (κ1) is 17.6. The summed E-state index contributed by atoms with van der Waals surface area (Å²) in [5.74, 6) is 1.98. The molecule has 0 amide bonds. The van der Waals surface area contributed by atoms with E-state index in [1.165, 1.54) is 12.1 Å². The van der Waals surface area contributed by atoms with Gasteiger partial charge in [-0.05, 0) is 49.2 Å². The van der Waals surface area contributed by atoms with E-state index in [0.717, 1.165) is 5.56 Å². The summed E-state index contributed by atoms with van der Waals surface area (Å²) in [6, 6.07) is 11.6. The molecule has 1 aliphatic heterocycles. The third kappa shape index (κ3) is 3.88. The van der Waals surface area contributed by atoms with E-state index in [0.29, 0.717) is 30.3 Å². The molecule has 1 N–H and O–H groups in total. The Morgan fingerprint density at radius 3 is 2.64 bits per heavy atom. The van der Waals surface area contributed by atoms with Crippen LogP contribution < -0.4 is 18.9 Å². The van der Waals surface area contributed by atoms with E-state index < -0.39 is 10.0 Å². The molecule has 1 aliphatic rings. The molecule has 6 nitrogen and oxygen atoms in total. The molecular weight excluding hydrogens is 342 g/mol. The minimum absolute atomic E-state index is 0.201. The van der Waals surface area contributed by atoms with Crippen LogP contribution in [0.4, 0.5) is 0 Å². The fourth-order valence-corrected chi connectivity index (χ4v) is 4.02. The molecule has 0 bridgehead atoms. The van der Waals surface area contributed by atoms with Gasteiger partial charge in [-0.3, -0.25) is 0 Å². The lowest BCUT2D eigenvalue weighted by Gasteiger charge is -2.27. The molecule has 1 atom stereocenters. The second kappa shape index (κ2) is 7.33. The van der Waals surface area contributed by atoms with E-state index in [4.69, 9.17) is 14.2 Å². The third-order valence-corrected chi connectivity index (χ3v) is 5.48. The maximum Gasteiger partial charge on any atom is 0.240 e. The van der Waals surface area contributed by atoms with Gasteiger partial charge in [-0.1, -0.05) is 12.1 Å². The van der Waals surface area contributed by atoms with E-state index in [1.54, 1.807) is 19.2 Å². The molecule has 0 unspecified atom stereocenters. The van der Waals surface area contributed by atoms with Gasteiger partial charge in [0.1, 0.15) is 12.4 Å². The second-order valence-electron chi connectivity index (χ2n) is 5.69. The highest BCUT2D eigenvalue weighted by molar-refractivity contribution is 7.89. The first-order valence-corrected chi connectivity index (χ1v) is 9.55. The lowest BCUT2D eigenvalue weighted by molar-refractivity contribution is 0.240. The molecule has 134 valence electrons. The van der Waals surface area contributed by atoms with Crippen molar-refractivity contribution in [1.82, 2.24) is 4.72 Å². The second-order valence-corrected chi connectivity index (χ2v) is 7.40. The van der Waals surface area contributed by atoms with Crippen molar-refractivity contribution in [3.63, 3.8) is 0 Å². The highest BCUT2D eigenvalue weighted by Crippen LogP contribution is 2.34. The van der Waals surface area contributed by atoms with Crippen molar-refractivity contribution in [2.45, 2.75) is 24.3 Å². The monoisotopic (exact) mass is 363 g/mol. The summed E-state index contributed by atoms with van der Waals surface area (Å²) in [5.41, 5.74) is 0.921. The molecule has 0 saturated carbocycles. The van der Waals surface area contributed by atoms with Crippen LogP contribution in [0.15, 0.2) is 47.4 Å². The molecule has 0 aliphatic carbocycles. The highest BCUT2D eigenvalue weighted by Gasteiger charge is 2.27. The Morgan fingerprint density at radius 1 is 1.20 bits per heavy atom. The van der Waals surface area contributed by atoms with Crippen LogP contribution in [-0.4, -0.2) is 34.8 Å². The van der Waals surface area contributed by atoms with E-state index in [-0.39, 0.29) is 17.5 Å². The Morgan fingerprint density at radius 2 is 1.96 bits per heavy atom. The summed E-state index contributed by atoms with van der Waals surface area (Å²) in [6.07, 6.45) is 0.544. The molecule has 1 heterocycles. The van der Waals surface area contributed by atoms with Crippen LogP contribution in [0.1, 0.15) is 12.5 Å². The molecule has 0 aromatic heterocycles. The van der Waals surface area contributed by atoms with Gasteiger partial charge < -0.3 is 14.2 Å². The zero-order valence-corrected chi connectivity index (χ0v) is 15.0. The molecule has 7 heteroatoms. The number of methoxy groups -OCH3 is 1. The number of fused-ring (bicyclic) bond motifs is 1. The van der Waals surface area contributed by atoms with Crippen molar-refractivity contribution in [3.8, 4) is 17.2 Å². The predicted octanol–water partition coefficient (Wildman–Crippen LogP) is 2.38. The van der Waals surface area contributed by atoms with Crippen LogP contribution in [0.3, 0.4) is 0 Å². The molecular formula is C18H21NO5S. The van der Waals surface area contributed by atoms with Gasteiger partial charge in [-0.25, -0.2) is 13.1 Å². The number of hydrogen-bond acceptors (Lipinski definition) is 5. The summed E-state index contributed by atoms with van der Waals surface area (Å²) in [6.45, 7) is 2.67. The summed E-state index contributed by atoms with van der Waals surface area (Å²) >= 11 is 0. The molecule has 25 heavy (non-hydrogen) atoms. The fraction of sp³-hybridized carbons (Fsp3) is 0.333. The lowest BCUT2D eigenvalue weighted by atomic mass is 10.0. The highest BCUT2D eigenvalue weighted by atomic mass is 32.2. The van der Waals surface area contributed by atoms with Crippen molar-refractivity contribution < 1.29 is 22.6 Å². The topological polar surface area (TPSA) is 73.9 Å². The Balaban J connectivity index is 1.73. The number of rotatable bonds is 6. The first-order chi connectivity index (χ1) is 12.0. The van der Waals surface area contributed by atoms with Gasteiger partial charge in [0, 0.05) is 0 Å². The fourth-order valence-electron chi connectivity index (χ4n) is 2.80. The van der Waals surface area contributed by atoms with Gasteiger partial charge >= 0.3 is 0 Å². The first-order valence-electron chi connectivity index (χ1n) is 8.07. The van der Waals surface area contributed by atoms with Gasteiger partial charge in [-0.15, -0.1) is 0 Å². The van der Waals surface area contributed by atoms with Gasteiger partial charge in [0.25, 0.3) is 0 Å². The van der Waals surface area contributed by atoms with E-state index >= 15 is 0 Å². The van der Waals surface area contributed by atoms with Crippen LogP contribution in [0.2, 0.25) is 0 Å². The third-order valence-electron chi connectivity index (χ3n) is 3.94. The van der Waals surface area contributed by atoms with Crippen molar-refractivity contribution in [1.29, 1.82) is 0 Å². The SMILES string of the molecule is CCOc1ccc(S(=O)(=O)N[C@H]2COc3c(cccc3OC)C2)cc1. The summed E-state index contributed by atoms with van der Waals surface area (Å²) in [7, 11) is -2.04. The molecule has 2 aromatic carbocycles. The van der Waals surface area contributed by atoms with Gasteiger partial charge in [-0.2, -0.15) is 0 Å². The molecule has 0 fully saturated rings. The zero-order valence-electron chi connectivity index (χ0n) is 14.2. The van der Waals surface area contributed by atoms with Crippen molar-refractivity contribution >= 4 is 10.0 Å². The van der Waals surface area contributed by atoms with Gasteiger partial charge in [0.05, 0.1) is 24.7 Å². The molecule has 0 radical (unpaired) electrons. The Kier molecular flexibility index (Phi) is 5.15. The van der Waals surface area contributed by atoms with Crippen LogP contribution in [-0.2, 0) is 16.4 Å². The molecule has 2 aromatic rings. The standard InChI is InChI=1S/C18H21NO5S/c1-3-23-15-7-9-16(10-8-15)25(20,21)19-14-11-13-5-4-6-17(22-2)18(13)24-12-14/h4-10,14,19H,3,11-12H2,1-2H3/t14-/m1/s1. The largest absolute Gasteiger partial charge is 0.494 e. The molecule has 0 spiro atoms. The van der Waals surface area contributed by atoms with Gasteiger partial charge in [0.2, 0.25) is 10.0 Å². The normalized spacial score (nSPS) is 16.6. The van der Waals surface area contributed by atoms with E-state index in [2.05, 4.69) is 4.72 Å². The van der Waals surface area contributed by atoms with Crippen LogP contribution in [0.25, 0.3) is 0 Å². The number of para-hydroxylation sites is 1. The predicted molar refractivity (Wildman–Crippen MR) is 93.9 cm³/mol. The van der Waals surface area contributed by atoms with Gasteiger partial charge in [0.15, 0.2) is 11.5 Å². The number of nitrogens with one attached hydrogen (secondary N) is 1.